The van der Waals surface area contributed by atoms with E-state index in [-0.39, 0.29) is 11.6 Å². The third-order valence-electron chi connectivity index (χ3n) is 3.63. The number of oxime groups is 1. The molecular weight excluding hydrogens is 266 g/mol. The second-order valence-corrected chi connectivity index (χ2v) is 7.10. The molecule has 4 N–H and O–H groups in total. The van der Waals surface area contributed by atoms with Crippen molar-refractivity contribution in [3.8, 4) is 0 Å². The summed E-state index contributed by atoms with van der Waals surface area (Å²) in [6.45, 7) is 1.81. The van der Waals surface area contributed by atoms with Crippen molar-refractivity contribution >= 4 is 15.9 Å². The van der Waals surface area contributed by atoms with Gasteiger partial charge >= 0.3 is 0 Å². The molecule has 0 aromatic carbocycles. The lowest BCUT2D eigenvalue weighted by molar-refractivity contribution is 0.299. The van der Waals surface area contributed by atoms with Crippen LogP contribution in [-0.4, -0.2) is 30.8 Å². The van der Waals surface area contributed by atoms with E-state index in [2.05, 4.69) is 9.88 Å². The van der Waals surface area contributed by atoms with Crippen LogP contribution in [0.2, 0.25) is 0 Å². The van der Waals surface area contributed by atoms with Gasteiger partial charge in [-0.15, -0.1) is 0 Å². The average Bonchev–Trinajstić information content (AvgIpc) is 2.31. The molecule has 0 spiro atoms. The van der Waals surface area contributed by atoms with Gasteiger partial charge in [-0.3, -0.25) is 0 Å². The van der Waals surface area contributed by atoms with Crippen molar-refractivity contribution in [2.75, 3.05) is 5.75 Å². The highest BCUT2D eigenvalue weighted by molar-refractivity contribution is 7.89. The second-order valence-electron chi connectivity index (χ2n) is 5.26. The number of nitrogens with two attached hydrogens (primary N) is 1. The third kappa shape index (κ3) is 4.65. The lowest BCUT2D eigenvalue weighted by Gasteiger charge is -2.34. The summed E-state index contributed by atoms with van der Waals surface area (Å²) in [5.74, 6) is 0.0436. The SMILES string of the molecule is CCCS(=O)(=O)NC1(/C(N)=N/O)CCCCCCC1. The first kappa shape index (κ1) is 16.2. The van der Waals surface area contributed by atoms with Crippen LogP contribution < -0.4 is 10.5 Å². The van der Waals surface area contributed by atoms with Crippen molar-refractivity contribution < 1.29 is 13.6 Å². The van der Waals surface area contributed by atoms with Gasteiger partial charge in [0, 0.05) is 0 Å². The van der Waals surface area contributed by atoms with Gasteiger partial charge in [-0.05, 0) is 19.3 Å². The van der Waals surface area contributed by atoms with Gasteiger partial charge in [-0.2, -0.15) is 0 Å². The minimum atomic E-state index is -3.39. The van der Waals surface area contributed by atoms with E-state index in [4.69, 9.17) is 10.9 Å². The summed E-state index contributed by atoms with van der Waals surface area (Å²) in [6, 6.07) is 0. The summed E-state index contributed by atoms with van der Waals surface area (Å²) in [4.78, 5) is 0. The predicted octanol–water partition coefficient (Wildman–Crippen LogP) is 1.55. The van der Waals surface area contributed by atoms with E-state index in [1.807, 2.05) is 6.92 Å². The quantitative estimate of drug-likeness (QED) is 0.309. The number of amidine groups is 1. The number of rotatable bonds is 5. The Bertz CT molecular complexity index is 398. The average molecular weight is 291 g/mol. The van der Waals surface area contributed by atoms with Gasteiger partial charge < -0.3 is 10.9 Å². The molecule has 1 rings (SSSR count). The minimum Gasteiger partial charge on any atom is -0.409 e. The largest absolute Gasteiger partial charge is 0.409 e. The van der Waals surface area contributed by atoms with E-state index in [0.717, 1.165) is 32.1 Å². The molecule has 0 unspecified atom stereocenters. The number of nitrogens with one attached hydrogen (secondary N) is 1. The van der Waals surface area contributed by atoms with Crippen LogP contribution in [0, 0.1) is 0 Å². The molecule has 1 saturated carbocycles. The number of hydrogen-bond donors (Lipinski definition) is 3. The Hall–Kier alpha value is -0.820. The molecule has 1 fully saturated rings. The van der Waals surface area contributed by atoms with Crippen LogP contribution >= 0.6 is 0 Å². The third-order valence-corrected chi connectivity index (χ3v) is 5.28. The first-order valence-corrected chi connectivity index (χ1v) is 8.60. The fraction of sp³-hybridized carbons (Fsp3) is 0.917. The molecule has 0 bridgehead atoms. The molecule has 0 aromatic rings. The van der Waals surface area contributed by atoms with E-state index in [0.29, 0.717) is 19.3 Å². The monoisotopic (exact) mass is 291 g/mol. The zero-order valence-electron chi connectivity index (χ0n) is 11.6. The predicted molar refractivity (Wildman–Crippen MR) is 75.7 cm³/mol. The van der Waals surface area contributed by atoms with Crippen LogP contribution in [0.3, 0.4) is 0 Å². The lowest BCUT2D eigenvalue weighted by atomic mass is 9.84. The van der Waals surface area contributed by atoms with Crippen LogP contribution in [0.25, 0.3) is 0 Å². The zero-order valence-corrected chi connectivity index (χ0v) is 12.4. The lowest BCUT2D eigenvalue weighted by Crippen LogP contribution is -2.58. The van der Waals surface area contributed by atoms with Crippen molar-refractivity contribution in [2.24, 2.45) is 10.9 Å². The Labute approximate surface area is 115 Å². The van der Waals surface area contributed by atoms with Crippen LogP contribution in [0.4, 0.5) is 0 Å². The van der Waals surface area contributed by atoms with Gasteiger partial charge in [-0.1, -0.05) is 44.2 Å². The second kappa shape index (κ2) is 7.09. The van der Waals surface area contributed by atoms with Crippen LogP contribution in [0.1, 0.15) is 58.3 Å². The van der Waals surface area contributed by atoms with Crippen LogP contribution in [0.15, 0.2) is 5.16 Å². The zero-order chi connectivity index (χ0) is 14.4. The van der Waals surface area contributed by atoms with Gasteiger partial charge in [0.2, 0.25) is 10.0 Å². The summed E-state index contributed by atoms with van der Waals surface area (Å²) < 4.78 is 26.7. The molecule has 0 atom stereocenters. The molecule has 0 aliphatic heterocycles. The highest BCUT2D eigenvalue weighted by Gasteiger charge is 2.38. The van der Waals surface area contributed by atoms with Gasteiger partial charge in [0.15, 0.2) is 5.84 Å². The molecule has 19 heavy (non-hydrogen) atoms. The van der Waals surface area contributed by atoms with Crippen LogP contribution in [-0.2, 0) is 10.0 Å². The molecule has 0 radical (unpaired) electrons. The Morgan fingerprint density at radius 2 is 1.79 bits per heavy atom. The fourth-order valence-corrected chi connectivity index (χ4v) is 4.18. The van der Waals surface area contributed by atoms with Gasteiger partial charge in [0.1, 0.15) is 0 Å². The van der Waals surface area contributed by atoms with E-state index in [9.17, 15) is 8.42 Å². The topological polar surface area (TPSA) is 105 Å². The number of nitrogens with zero attached hydrogens (tertiary/aromatic N) is 1. The first-order chi connectivity index (χ1) is 8.96. The van der Waals surface area contributed by atoms with E-state index >= 15 is 0 Å². The summed E-state index contributed by atoms with van der Waals surface area (Å²) in [6.07, 6.45) is 6.74. The number of sulfonamides is 1. The normalized spacial score (nSPS) is 21.6. The van der Waals surface area contributed by atoms with E-state index < -0.39 is 15.6 Å². The molecule has 6 nitrogen and oxygen atoms in total. The smallest absolute Gasteiger partial charge is 0.212 e. The van der Waals surface area contributed by atoms with Gasteiger partial charge in [-0.25, -0.2) is 13.1 Å². The molecule has 0 saturated heterocycles. The summed E-state index contributed by atoms with van der Waals surface area (Å²) in [7, 11) is -3.39. The van der Waals surface area contributed by atoms with Crippen molar-refractivity contribution in [3.63, 3.8) is 0 Å². The van der Waals surface area contributed by atoms with Crippen molar-refractivity contribution in [1.29, 1.82) is 0 Å². The molecule has 1 aliphatic carbocycles. The summed E-state index contributed by atoms with van der Waals surface area (Å²) in [5, 5.41) is 12.0. The Kier molecular flexibility index (Phi) is 6.06. The molecule has 0 aromatic heterocycles. The maximum absolute atomic E-state index is 12.0. The molecule has 1 aliphatic rings. The molecular formula is C12H25N3O3S. The van der Waals surface area contributed by atoms with E-state index in [1.54, 1.807) is 0 Å². The van der Waals surface area contributed by atoms with Crippen molar-refractivity contribution in [2.45, 2.75) is 63.8 Å². The minimum absolute atomic E-state index is 0.0194. The van der Waals surface area contributed by atoms with Gasteiger partial charge in [0.05, 0.1) is 11.3 Å². The molecule has 0 heterocycles. The molecule has 112 valence electrons. The molecule has 7 heteroatoms. The highest BCUT2D eigenvalue weighted by atomic mass is 32.2. The number of hydrogen-bond acceptors (Lipinski definition) is 4. The van der Waals surface area contributed by atoms with Crippen molar-refractivity contribution in [1.82, 2.24) is 4.72 Å². The maximum atomic E-state index is 12.0. The maximum Gasteiger partial charge on any atom is 0.212 e. The van der Waals surface area contributed by atoms with Crippen molar-refractivity contribution in [3.05, 3.63) is 0 Å². The molecule has 0 amide bonds. The summed E-state index contributed by atoms with van der Waals surface area (Å²) >= 11 is 0. The van der Waals surface area contributed by atoms with E-state index in [1.165, 1.54) is 0 Å². The fourth-order valence-electron chi connectivity index (χ4n) is 2.63. The Morgan fingerprint density at radius 3 is 2.26 bits per heavy atom. The standard InChI is InChI=1S/C12H25N3O3S/c1-2-10-19(17,18)15-12(11(13)14-16)8-6-4-3-5-7-9-12/h15-16H,2-10H2,1H3,(H2,13,14). The summed E-state index contributed by atoms with van der Waals surface area (Å²) in [5.41, 5.74) is 4.87. The Morgan fingerprint density at radius 1 is 1.26 bits per heavy atom. The van der Waals surface area contributed by atoms with Gasteiger partial charge in [0.25, 0.3) is 0 Å². The Balaban J connectivity index is 2.97. The van der Waals surface area contributed by atoms with Crippen LogP contribution in [0.5, 0.6) is 0 Å². The first-order valence-electron chi connectivity index (χ1n) is 6.95. The highest BCUT2D eigenvalue weighted by Crippen LogP contribution is 2.27.